The third kappa shape index (κ3) is 7.17. The van der Waals surface area contributed by atoms with Crippen molar-refractivity contribution in [2.24, 2.45) is 11.3 Å². The molecule has 0 radical (unpaired) electrons. The number of hydrogen-bond donors (Lipinski definition) is 3. The minimum atomic E-state index is -0.724. The minimum Gasteiger partial charge on any atom is -0.387 e. The molecule has 0 aliphatic heterocycles. The Balaban J connectivity index is 1.76. The van der Waals surface area contributed by atoms with E-state index in [1.54, 1.807) is 12.1 Å². The van der Waals surface area contributed by atoms with Gasteiger partial charge < -0.3 is 15.7 Å². The van der Waals surface area contributed by atoms with E-state index in [0.29, 0.717) is 18.0 Å². The Kier molecular flexibility index (Phi) is 7.63. The maximum atomic E-state index is 13.3. The lowest BCUT2D eigenvalue weighted by molar-refractivity contribution is -0.129. The average Bonchev–Trinajstić information content (AvgIpc) is 2.60. The molecule has 28 heavy (non-hydrogen) atoms. The molecule has 158 valence electrons. The van der Waals surface area contributed by atoms with Gasteiger partial charge in [0.05, 0.1) is 6.10 Å². The van der Waals surface area contributed by atoms with Crippen LogP contribution in [0.15, 0.2) is 24.3 Å². The summed E-state index contributed by atoms with van der Waals surface area (Å²) in [7, 11) is 0. The van der Waals surface area contributed by atoms with Gasteiger partial charge in [-0.3, -0.25) is 4.79 Å². The normalized spacial score (nSPS) is 22.0. The molecular formula is C23H37FN2O2. The average molecular weight is 393 g/mol. The molecule has 0 bridgehead atoms. The van der Waals surface area contributed by atoms with E-state index in [-0.39, 0.29) is 28.7 Å². The summed E-state index contributed by atoms with van der Waals surface area (Å²) in [6.07, 6.45) is 4.55. The van der Waals surface area contributed by atoms with E-state index >= 15 is 0 Å². The van der Waals surface area contributed by atoms with Crippen LogP contribution >= 0.6 is 0 Å². The number of nitrogens with one attached hydrogen (secondary N) is 2. The number of amides is 1. The van der Waals surface area contributed by atoms with Gasteiger partial charge in [-0.25, -0.2) is 4.39 Å². The predicted octanol–water partition coefficient (Wildman–Crippen LogP) is 4.34. The first-order chi connectivity index (χ1) is 13.0. The van der Waals surface area contributed by atoms with E-state index in [0.717, 1.165) is 32.1 Å². The van der Waals surface area contributed by atoms with Gasteiger partial charge in [-0.05, 0) is 69.6 Å². The fourth-order valence-electron chi connectivity index (χ4n) is 3.91. The number of carbonyl (C=O) groups excluding carboxylic acids is 1. The molecule has 1 atom stereocenters. The van der Waals surface area contributed by atoms with Crippen LogP contribution < -0.4 is 10.6 Å². The highest BCUT2D eigenvalue weighted by molar-refractivity contribution is 5.81. The monoisotopic (exact) mass is 392 g/mol. The number of halogens is 1. The van der Waals surface area contributed by atoms with Gasteiger partial charge in [-0.1, -0.05) is 32.9 Å². The van der Waals surface area contributed by atoms with Crippen molar-refractivity contribution in [2.45, 2.75) is 84.4 Å². The Bertz CT molecular complexity index is 646. The molecule has 1 fully saturated rings. The van der Waals surface area contributed by atoms with E-state index in [9.17, 15) is 14.3 Å². The van der Waals surface area contributed by atoms with Crippen molar-refractivity contribution >= 4 is 5.91 Å². The maximum Gasteiger partial charge on any atom is 0.225 e. The highest BCUT2D eigenvalue weighted by Gasteiger charge is 2.30. The summed E-state index contributed by atoms with van der Waals surface area (Å²) in [4.78, 5) is 12.2. The number of β-amino-alcohol motifs (C(OH)–C–C–N with tert-alkyl or cyclic N) is 1. The molecule has 3 N–H and O–H groups in total. The Morgan fingerprint density at radius 1 is 1.18 bits per heavy atom. The maximum absolute atomic E-state index is 13.3. The number of aliphatic hydroxyl groups excluding tert-OH is 1. The Labute approximate surface area is 169 Å². The summed E-state index contributed by atoms with van der Waals surface area (Å²) in [6, 6.07) is 6.42. The van der Waals surface area contributed by atoms with E-state index in [2.05, 4.69) is 24.5 Å². The zero-order chi connectivity index (χ0) is 20.9. The summed E-state index contributed by atoms with van der Waals surface area (Å²) < 4.78 is 13.3. The van der Waals surface area contributed by atoms with Crippen LogP contribution in [0.1, 0.15) is 78.4 Å². The van der Waals surface area contributed by atoms with Gasteiger partial charge in [0.25, 0.3) is 0 Å². The van der Waals surface area contributed by atoms with Crippen LogP contribution in [-0.2, 0) is 4.79 Å². The molecule has 1 aliphatic rings. The Hall–Kier alpha value is -1.46. The number of benzene rings is 1. The van der Waals surface area contributed by atoms with Gasteiger partial charge in [0.1, 0.15) is 5.82 Å². The van der Waals surface area contributed by atoms with Crippen LogP contribution in [0.5, 0.6) is 0 Å². The zero-order valence-corrected chi connectivity index (χ0v) is 18.0. The van der Waals surface area contributed by atoms with Crippen LogP contribution in [0.3, 0.4) is 0 Å². The number of rotatable bonds is 7. The molecule has 1 aromatic rings. The van der Waals surface area contributed by atoms with Crippen molar-refractivity contribution in [3.63, 3.8) is 0 Å². The van der Waals surface area contributed by atoms with Crippen molar-refractivity contribution in [2.75, 3.05) is 6.54 Å². The van der Waals surface area contributed by atoms with Crippen molar-refractivity contribution in [3.05, 3.63) is 35.6 Å². The number of carbonyl (C=O) groups is 1. The predicted molar refractivity (Wildman–Crippen MR) is 111 cm³/mol. The molecule has 1 aromatic carbocycles. The summed E-state index contributed by atoms with van der Waals surface area (Å²) in [5.41, 5.74) is 0.143. The SMILES string of the molecule is CC(C)(CC1CCC(NC(=O)C(C)(C)C)CC1)NC[C@H](O)c1cccc(F)c1. The number of hydrogen-bond acceptors (Lipinski definition) is 3. The highest BCUT2D eigenvalue weighted by Crippen LogP contribution is 2.31. The van der Waals surface area contributed by atoms with E-state index in [1.807, 2.05) is 20.8 Å². The molecule has 1 saturated carbocycles. The molecule has 0 spiro atoms. The molecule has 1 amide bonds. The second-order valence-electron chi connectivity index (χ2n) is 9.98. The van der Waals surface area contributed by atoms with Gasteiger partial charge >= 0.3 is 0 Å². The minimum absolute atomic E-state index is 0.111. The third-order valence-electron chi connectivity index (χ3n) is 5.67. The lowest BCUT2D eigenvalue weighted by Crippen LogP contribution is -2.46. The highest BCUT2D eigenvalue weighted by atomic mass is 19.1. The summed E-state index contributed by atoms with van der Waals surface area (Å²) in [6.45, 7) is 10.5. The van der Waals surface area contributed by atoms with E-state index in [1.165, 1.54) is 12.1 Å². The molecule has 1 aliphatic carbocycles. The first-order valence-electron chi connectivity index (χ1n) is 10.5. The summed E-state index contributed by atoms with van der Waals surface area (Å²) in [5, 5.41) is 17.0. The van der Waals surface area contributed by atoms with Crippen molar-refractivity contribution in [3.8, 4) is 0 Å². The van der Waals surface area contributed by atoms with Gasteiger partial charge in [-0.15, -0.1) is 0 Å². The summed E-state index contributed by atoms with van der Waals surface area (Å²) >= 11 is 0. The standard InChI is InChI=1S/C23H37FN2O2/c1-22(2,3)21(28)26-19-11-9-16(10-12-19)14-23(4,5)25-15-20(27)17-7-6-8-18(24)13-17/h6-8,13,16,19-20,25,27H,9-12,14-15H2,1-5H3,(H,26,28)/t16?,19?,20-/m0/s1. The number of aliphatic hydroxyl groups is 1. The lowest BCUT2D eigenvalue weighted by Gasteiger charge is -2.36. The molecule has 0 heterocycles. The molecular weight excluding hydrogens is 355 g/mol. The molecule has 4 nitrogen and oxygen atoms in total. The van der Waals surface area contributed by atoms with E-state index < -0.39 is 6.10 Å². The fraction of sp³-hybridized carbons (Fsp3) is 0.696. The van der Waals surface area contributed by atoms with E-state index in [4.69, 9.17) is 0 Å². The first-order valence-corrected chi connectivity index (χ1v) is 10.5. The second kappa shape index (κ2) is 9.36. The van der Waals surface area contributed by atoms with Crippen LogP contribution in [0.25, 0.3) is 0 Å². The summed E-state index contributed by atoms with van der Waals surface area (Å²) in [5.74, 6) is 0.409. The topological polar surface area (TPSA) is 61.4 Å². The largest absolute Gasteiger partial charge is 0.387 e. The van der Waals surface area contributed by atoms with Crippen LogP contribution in [0, 0.1) is 17.2 Å². The van der Waals surface area contributed by atoms with Gasteiger partial charge in [0, 0.05) is 23.5 Å². The first kappa shape index (κ1) is 22.8. The third-order valence-corrected chi connectivity index (χ3v) is 5.67. The van der Waals surface area contributed by atoms with Gasteiger partial charge in [0.2, 0.25) is 5.91 Å². The van der Waals surface area contributed by atoms with Gasteiger partial charge in [0.15, 0.2) is 0 Å². The Morgan fingerprint density at radius 3 is 2.39 bits per heavy atom. The fourth-order valence-corrected chi connectivity index (χ4v) is 3.91. The molecule has 0 saturated heterocycles. The van der Waals surface area contributed by atoms with Crippen molar-refractivity contribution in [1.29, 1.82) is 0 Å². The lowest BCUT2D eigenvalue weighted by atomic mass is 9.78. The molecule has 2 rings (SSSR count). The van der Waals surface area contributed by atoms with Gasteiger partial charge in [-0.2, -0.15) is 0 Å². The zero-order valence-electron chi connectivity index (χ0n) is 18.0. The Morgan fingerprint density at radius 2 is 1.82 bits per heavy atom. The molecule has 5 heteroatoms. The van der Waals surface area contributed by atoms with Crippen LogP contribution in [-0.4, -0.2) is 29.1 Å². The molecule has 0 unspecified atom stereocenters. The quantitative estimate of drug-likeness (QED) is 0.647. The second-order valence-corrected chi connectivity index (χ2v) is 9.98. The van der Waals surface area contributed by atoms with Crippen molar-refractivity contribution in [1.82, 2.24) is 10.6 Å². The molecule has 0 aromatic heterocycles. The van der Waals surface area contributed by atoms with Crippen LogP contribution in [0.2, 0.25) is 0 Å². The van der Waals surface area contributed by atoms with Crippen LogP contribution in [0.4, 0.5) is 4.39 Å². The smallest absolute Gasteiger partial charge is 0.225 e. The van der Waals surface area contributed by atoms with Crippen molar-refractivity contribution < 1.29 is 14.3 Å².